The molecule has 3 rings (SSSR count). The topological polar surface area (TPSA) is 88.9 Å². The first-order valence-electron chi connectivity index (χ1n) is 8.63. The number of thioether (sulfide) groups is 1. The quantitative estimate of drug-likeness (QED) is 0.316. The Bertz CT molecular complexity index is 1080. The first kappa shape index (κ1) is 22.9. The monoisotopic (exact) mass is 575 g/mol. The molecule has 2 aromatic carbocycles. The van der Waals surface area contributed by atoms with Crippen LogP contribution in [-0.2, 0) is 23.1 Å². The summed E-state index contributed by atoms with van der Waals surface area (Å²) in [5.41, 5.74) is 1.28. The number of carbonyl (C=O) groups excluding carboxylic acids is 2. The lowest BCUT2D eigenvalue weighted by Gasteiger charge is -2.07. The van der Waals surface area contributed by atoms with Gasteiger partial charge in [0.25, 0.3) is 0 Å². The Kier molecular flexibility index (Phi) is 7.98. The SMILES string of the molecule is Cn1c(CC(=O)Nc2ccc(Cl)c(Cl)c2)nnc1SCC(=O)Nc1ccc(I)cc1. The van der Waals surface area contributed by atoms with Crippen molar-refractivity contribution < 1.29 is 9.59 Å². The molecule has 1 heterocycles. The summed E-state index contributed by atoms with van der Waals surface area (Å²) in [6, 6.07) is 12.4. The third kappa shape index (κ3) is 6.34. The highest BCUT2D eigenvalue weighted by Crippen LogP contribution is 2.25. The first-order chi connectivity index (χ1) is 14.3. The molecule has 0 radical (unpaired) electrons. The van der Waals surface area contributed by atoms with Crippen molar-refractivity contribution in [3.8, 4) is 0 Å². The van der Waals surface area contributed by atoms with Gasteiger partial charge in [0, 0.05) is 22.0 Å². The van der Waals surface area contributed by atoms with Gasteiger partial charge in [0.15, 0.2) is 5.16 Å². The average molecular weight is 576 g/mol. The highest BCUT2D eigenvalue weighted by Gasteiger charge is 2.15. The number of carbonyl (C=O) groups is 2. The Hall–Kier alpha value is -1.82. The highest BCUT2D eigenvalue weighted by molar-refractivity contribution is 14.1. The molecule has 0 atom stereocenters. The van der Waals surface area contributed by atoms with Gasteiger partial charge in [-0.2, -0.15) is 0 Å². The number of nitrogens with one attached hydrogen (secondary N) is 2. The van der Waals surface area contributed by atoms with Gasteiger partial charge < -0.3 is 15.2 Å². The van der Waals surface area contributed by atoms with Gasteiger partial charge in [-0.05, 0) is 65.1 Å². The molecule has 3 aromatic rings. The third-order valence-corrected chi connectivity index (χ3v) is 6.39. The van der Waals surface area contributed by atoms with Crippen molar-refractivity contribution in [2.24, 2.45) is 7.05 Å². The van der Waals surface area contributed by atoms with Crippen molar-refractivity contribution in [1.29, 1.82) is 0 Å². The molecule has 156 valence electrons. The molecule has 0 unspecified atom stereocenters. The molecular formula is C19H16Cl2IN5O2S. The Morgan fingerprint density at radius 1 is 1.00 bits per heavy atom. The van der Waals surface area contributed by atoms with Crippen LogP contribution in [0.1, 0.15) is 5.82 Å². The molecule has 0 saturated heterocycles. The summed E-state index contributed by atoms with van der Waals surface area (Å²) in [7, 11) is 1.75. The minimum absolute atomic E-state index is 0.0269. The van der Waals surface area contributed by atoms with Gasteiger partial charge in [0.05, 0.1) is 22.2 Å². The summed E-state index contributed by atoms with van der Waals surface area (Å²) in [6.07, 6.45) is 0.0269. The zero-order valence-electron chi connectivity index (χ0n) is 15.7. The molecule has 2 amide bonds. The summed E-state index contributed by atoms with van der Waals surface area (Å²) in [5, 5.41) is 15.0. The molecule has 0 fully saturated rings. The largest absolute Gasteiger partial charge is 0.326 e. The fourth-order valence-corrected chi connectivity index (χ4v) is 3.80. The fourth-order valence-electron chi connectivity index (χ4n) is 2.41. The standard InChI is InChI=1S/C19H16Cl2IN5O2S/c1-27-16(9-17(28)24-13-6-7-14(20)15(21)8-13)25-26-19(27)30-10-18(29)23-12-4-2-11(22)3-5-12/h2-8H,9-10H2,1H3,(H,23,29)(H,24,28). The smallest absolute Gasteiger partial charge is 0.234 e. The molecule has 30 heavy (non-hydrogen) atoms. The van der Waals surface area contributed by atoms with Crippen LogP contribution in [0.15, 0.2) is 47.6 Å². The van der Waals surface area contributed by atoms with Crippen LogP contribution in [-0.4, -0.2) is 32.3 Å². The Balaban J connectivity index is 1.53. The van der Waals surface area contributed by atoms with E-state index in [0.29, 0.717) is 26.7 Å². The number of nitrogens with zero attached hydrogens (tertiary/aromatic N) is 3. The average Bonchev–Trinajstić information content (AvgIpc) is 3.04. The summed E-state index contributed by atoms with van der Waals surface area (Å²) in [6.45, 7) is 0. The van der Waals surface area contributed by atoms with Crippen molar-refractivity contribution in [2.45, 2.75) is 11.6 Å². The second-order valence-corrected chi connectivity index (χ2v) is 9.16. The molecule has 0 aliphatic carbocycles. The zero-order valence-corrected chi connectivity index (χ0v) is 20.1. The van der Waals surface area contributed by atoms with Gasteiger partial charge in [0.2, 0.25) is 11.8 Å². The second-order valence-electron chi connectivity index (χ2n) is 6.16. The lowest BCUT2D eigenvalue weighted by atomic mass is 10.3. The molecule has 1 aromatic heterocycles. The van der Waals surface area contributed by atoms with Gasteiger partial charge >= 0.3 is 0 Å². The van der Waals surface area contributed by atoms with Crippen LogP contribution in [0.5, 0.6) is 0 Å². The lowest BCUT2D eigenvalue weighted by Crippen LogP contribution is -2.17. The van der Waals surface area contributed by atoms with E-state index >= 15 is 0 Å². The summed E-state index contributed by atoms with van der Waals surface area (Å²) >= 11 is 15.3. The first-order valence-corrected chi connectivity index (χ1v) is 11.4. The number of hydrogen-bond donors (Lipinski definition) is 2. The maximum Gasteiger partial charge on any atom is 0.234 e. The molecule has 0 aliphatic heterocycles. The van der Waals surface area contributed by atoms with Crippen LogP contribution in [0.25, 0.3) is 0 Å². The van der Waals surface area contributed by atoms with Crippen LogP contribution in [0.2, 0.25) is 10.0 Å². The van der Waals surface area contributed by atoms with Gasteiger partial charge in [-0.3, -0.25) is 9.59 Å². The van der Waals surface area contributed by atoms with E-state index in [-0.39, 0.29) is 24.0 Å². The van der Waals surface area contributed by atoms with Crippen LogP contribution in [0, 0.1) is 3.57 Å². The summed E-state index contributed by atoms with van der Waals surface area (Å²) < 4.78 is 2.78. The van der Waals surface area contributed by atoms with Crippen LogP contribution in [0.4, 0.5) is 11.4 Å². The van der Waals surface area contributed by atoms with E-state index in [4.69, 9.17) is 23.2 Å². The minimum atomic E-state index is -0.267. The van der Waals surface area contributed by atoms with Crippen LogP contribution in [0.3, 0.4) is 0 Å². The molecule has 0 spiro atoms. The molecule has 0 saturated carbocycles. The number of amides is 2. The van der Waals surface area contributed by atoms with Gasteiger partial charge in [-0.15, -0.1) is 10.2 Å². The van der Waals surface area contributed by atoms with Gasteiger partial charge in [-0.25, -0.2) is 0 Å². The number of benzene rings is 2. The number of halogens is 3. The van der Waals surface area contributed by atoms with Gasteiger partial charge in [0.1, 0.15) is 5.82 Å². The predicted octanol–water partition coefficient (Wildman–Crippen LogP) is 4.64. The Morgan fingerprint density at radius 3 is 2.37 bits per heavy atom. The van der Waals surface area contributed by atoms with E-state index in [1.54, 1.807) is 29.8 Å². The molecule has 11 heteroatoms. The van der Waals surface area contributed by atoms with Crippen molar-refractivity contribution in [3.05, 3.63) is 61.9 Å². The van der Waals surface area contributed by atoms with Crippen molar-refractivity contribution >= 4 is 80.7 Å². The summed E-state index contributed by atoms with van der Waals surface area (Å²) in [4.78, 5) is 24.4. The fraction of sp³-hybridized carbons (Fsp3) is 0.158. The molecule has 7 nitrogen and oxygen atoms in total. The maximum atomic E-state index is 12.3. The Labute approximate surface area is 201 Å². The molecule has 0 bridgehead atoms. The van der Waals surface area contributed by atoms with Crippen molar-refractivity contribution in [2.75, 3.05) is 16.4 Å². The van der Waals surface area contributed by atoms with Crippen molar-refractivity contribution in [1.82, 2.24) is 14.8 Å². The van der Waals surface area contributed by atoms with Crippen molar-refractivity contribution in [3.63, 3.8) is 0 Å². The van der Waals surface area contributed by atoms with E-state index in [0.717, 1.165) is 9.26 Å². The number of rotatable bonds is 7. The van der Waals surface area contributed by atoms with Gasteiger partial charge in [-0.1, -0.05) is 35.0 Å². The second kappa shape index (κ2) is 10.5. The molecular weight excluding hydrogens is 560 g/mol. The third-order valence-electron chi connectivity index (χ3n) is 3.91. The predicted molar refractivity (Wildman–Crippen MR) is 128 cm³/mol. The number of anilines is 2. The number of aromatic nitrogens is 3. The van der Waals surface area contributed by atoms with E-state index in [2.05, 4.69) is 43.4 Å². The maximum absolute atomic E-state index is 12.3. The molecule has 2 N–H and O–H groups in total. The number of hydrogen-bond acceptors (Lipinski definition) is 5. The van der Waals surface area contributed by atoms with Crippen LogP contribution >= 0.6 is 57.6 Å². The summed E-state index contributed by atoms with van der Waals surface area (Å²) in [5.74, 6) is 0.237. The Morgan fingerprint density at radius 2 is 1.67 bits per heavy atom. The normalized spacial score (nSPS) is 10.7. The lowest BCUT2D eigenvalue weighted by molar-refractivity contribution is -0.116. The minimum Gasteiger partial charge on any atom is -0.326 e. The van der Waals surface area contributed by atoms with E-state index < -0.39 is 0 Å². The zero-order chi connectivity index (χ0) is 21.7. The van der Waals surface area contributed by atoms with Crippen LogP contribution < -0.4 is 10.6 Å². The highest BCUT2D eigenvalue weighted by atomic mass is 127. The molecule has 0 aliphatic rings. The van der Waals surface area contributed by atoms with E-state index in [9.17, 15) is 9.59 Å². The van der Waals surface area contributed by atoms with E-state index in [1.165, 1.54) is 11.8 Å². The van der Waals surface area contributed by atoms with E-state index in [1.807, 2.05) is 24.3 Å².